The van der Waals surface area contributed by atoms with Gasteiger partial charge in [-0.1, -0.05) is 0 Å². The fraction of sp³-hybridized carbons (Fsp3) is 0.235. The summed E-state index contributed by atoms with van der Waals surface area (Å²) >= 11 is 0. The summed E-state index contributed by atoms with van der Waals surface area (Å²) in [4.78, 5) is 10.9. The number of alkyl halides is 6. The molecule has 0 atom stereocenters. The maximum Gasteiger partial charge on any atom is 0.416 e. The molecule has 0 saturated carbocycles. The van der Waals surface area contributed by atoms with Crippen LogP contribution in [0.4, 0.5) is 26.3 Å². The number of hydrogen-bond donors (Lipinski definition) is 0. The smallest absolute Gasteiger partial charge is 0.416 e. The first kappa shape index (κ1) is 19.6. The van der Waals surface area contributed by atoms with Crippen molar-refractivity contribution >= 4 is 6.29 Å². The van der Waals surface area contributed by atoms with E-state index in [2.05, 4.69) is 0 Å². The molecule has 0 aliphatic heterocycles. The second-order valence-electron chi connectivity index (χ2n) is 5.22. The van der Waals surface area contributed by atoms with Crippen LogP contribution in [0, 0.1) is 0 Å². The van der Waals surface area contributed by atoms with E-state index in [1.54, 1.807) is 0 Å². The van der Waals surface area contributed by atoms with E-state index >= 15 is 0 Å². The number of benzene rings is 2. The van der Waals surface area contributed by atoms with E-state index in [0.29, 0.717) is 24.5 Å². The van der Waals surface area contributed by atoms with Crippen molar-refractivity contribution in [3.05, 3.63) is 58.7 Å². The molecule has 0 radical (unpaired) electrons. The molecule has 0 unspecified atom stereocenters. The van der Waals surface area contributed by atoms with Crippen molar-refractivity contribution in [1.82, 2.24) is 0 Å². The Labute approximate surface area is 144 Å². The maximum atomic E-state index is 13.0. The number of halogens is 6. The molecule has 0 N–H and O–H groups in total. The fourth-order valence-electron chi connectivity index (χ4n) is 2.19. The Hall–Kier alpha value is -2.71. The molecule has 140 valence electrons. The average Bonchev–Trinajstić information content (AvgIpc) is 2.57. The summed E-state index contributed by atoms with van der Waals surface area (Å²) in [6, 6.07) is 5.02. The van der Waals surface area contributed by atoms with Gasteiger partial charge in [-0.3, -0.25) is 4.79 Å². The second kappa shape index (κ2) is 7.27. The maximum absolute atomic E-state index is 13.0. The summed E-state index contributed by atoms with van der Waals surface area (Å²) in [7, 11) is 1.31. The minimum atomic E-state index is -4.84. The first-order chi connectivity index (χ1) is 12.0. The van der Waals surface area contributed by atoms with E-state index in [-0.39, 0.29) is 17.1 Å². The molecule has 2 aromatic rings. The van der Waals surface area contributed by atoms with Gasteiger partial charge in [0.1, 0.15) is 24.4 Å². The van der Waals surface area contributed by atoms with Gasteiger partial charge in [0, 0.05) is 17.2 Å². The third-order valence-electron chi connectivity index (χ3n) is 3.41. The Kier molecular flexibility index (Phi) is 5.48. The molecular formula is C17H12F6O3. The number of carbonyl (C=O) groups is 1. The van der Waals surface area contributed by atoms with Gasteiger partial charge >= 0.3 is 12.4 Å². The van der Waals surface area contributed by atoms with Crippen molar-refractivity contribution in [2.24, 2.45) is 0 Å². The molecule has 0 spiro atoms. The van der Waals surface area contributed by atoms with E-state index in [4.69, 9.17) is 9.47 Å². The van der Waals surface area contributed by atoms with E-state index in [9.17, 15) is 31.1 Å². The lowest BCUT2D eigenvalue weighted by Crippen LogP contribution is -2.14. The Balaban J connectivity index is 2.37. The molecule has 0 bridgehead atoms. The first-order valence-electron chi connectivity index (χ1n) is 7.09. The first-order valence-corrected chi connectivity index (χ1v) is 7.09. The third-order valence-corrected chi connectivity index (χ3v) is 3.41. The summed E-state index contributed by atoms with van der Waals surface area (Å²) in [5.41, 5.74) is -2.99. The third kappa shape index (κ3) is 4.68. The summed E-state index contributed by atoms with van der Waals surface area (Å²) < 4.78 is 87.5. The van der Waals surface area contributed by atoms with Gasteiger partial charge in [-0.25, -0.2) is 0 Å². The lowest BCUT2D eigenvalue weighted by molar-refractivity contribution is -0.142. The van der Waals surface area contributed by atoms with Crippen molar-refractivity contribution in [1.29, 1.82) is 0 Å². The van der Waals surface area contributed by atoms with E-state index in [1.165, 1.54) is 25.3 Å². The van der Waals surface area contributed by atoms with Crippen molar-refractivity contribution in [3.8, 4) is 11.5 Å². The Morgan fingerprint density at radius 1 is 0.923 bits per heavy atom. The molecule has 9 heteroatoms. The van der Waals surface area contributed by atoms with Gasteiger partial charge in [0.15, 0.2) is 0 Å². The molecule has 0 fully saturated rings. The Morgan fingerprint density at radius 3 is 2.12 bits per heavy atom. The normalized spacial score (nSPS) is 12.0. The molecule has 0 saturated heterocycles. The quantitative estimate of drug-likeness (QED) is 0.535. The monoisotopic (exact) mass is 378 g/mol. The van der Waals surface area contributed by atoms with Crippen LogP contribution in [0.5, 0.6) is 11.5 Å². The minimum Gasteiger partial charge on any atom is -0.497 e. The van der Waals surface area contributed by atoms with Gasteiger partial charge in [-0.15, -0.1) is 0 Å². The molecular weight excluding hydrogens is 366 g/mol. The fourth-order valence-corrected chi connectivity index (χ4v) is 2.19. The van der Waals surface area contributed by atoms with Crippen LogP contribution in [0.2, 0.25) is 0 Å². The zero-order valence-corrected chi connectivity index (χ0v) is 13.2. The molecule has 0 aliphatic rings. The SMILES string of the molecule is COc1cc(C=O)cc(OCc2cc(C(F)(F)F)ccc2C(F)(F)F)c1. The van der Waals surface area contributed by atoms with E-state index < -0.39 is 35.6 Å². The lowest BCUT2D eigenvalue weighted by Gasteiger charge is -2.16. The highest BCUT2D eigenvalue weighted by atomic mass is 19.4. The van der Waals surface area contributed by atoms with Gasteiger partial charge in [0.25, 0.3) is 0 Å². The predicted molar refractivity (Wildman–Crippen MR) is 79.2 cm³/mol. The highest BCUT2D eigenvalue weighted by Gasteiger charge is 2.37. The number of carbonyl (C=O) groups excluding carboxylic acids is 1. The van der Waals surface area contributed by atoms with Crippen LogP contribution in [0.25, 0.3) is 0 Å². The van der Waals surface area contributed by atoms with Crippen molar-refractivity contribution in [2.75, 3.05) is 7.11 Å². The van der Waals surface area contributed by atoms with Crippen LogP contribution < -0.4 is 9.47 Å². The van der Waals surface area contributed by atoms with Gasteiger partial charge in [-0.2, -0.15) is 26.3 Å². The zero-order valence-electron chi connectivity index (χ0n) is 13.2. The lowest BCUT2D eigenvalue weighted by atomic mass is 10.0. The molecule has 0 aromatic heterocycles. The molecule has 26 heavy (non-hydrogen) atoms. The standard InChI is InChI=1S/C17H12F6O3/c1-25-13-4-10(8-24)5-14(7-13)26-9-11-6-12(16(18,19)20)2-3-15(11)17(21,22)23/h2-8H,9H2,1H3. The summed E-state index contributed by atoms with van der Waals surface area (Å²) in [6.45, 7) is -0.774. The molecule has 2 aromatic carbocycles. The van der Waals surface area contributed by atoms with Gasteiger partial charge in [-0.05, 0) is 30.3 Å². The summed E-state index contributed by atoms with van der Waals surface area (Å²) in [5.74, 6) is 0.196. The predicted octanol–water partition coefficient (Wildman–Crippen LogP) is 5.12. The number of aldehydes is 1. The van der Waals surface area contributed by atoms with Gasteiger partial charge < -0.3 is 9.47 Å². The van der Waals surface area contributed by atoms with E-state index in [0.717, 1.165) is 0 Å². The Morgan fingerprint density at radius 2 is 1.58 bits per heavy atom. The number of ether oxygens (including phenoxy) is 2. The topological polar surface area (TPSA) is 35.5 Å². The van der Waals surface area contributed by atoms with Crippen LogP contribution in [0.1, 0.15) is 27.0 Å². The summed E-state index contributed by atoms with van der Waals surface area (Å²) in [5, 5.41) is 0. The largest absolute Gasteiger partial charge is 0.497 e. The van der Waals surface area contributed by atoms with Crippen LogP contribution >= 0.6 is 0 Å². The molecule has 3 nitrogen and oxygen atoms in total. The molecule has 0 aliphatic carbocycles. The van der Waals surface area contributed by atoms with Gasteiger partial charge in [0.2, 0.25) is 0 Å². The summed E-state index contributed by atoms with van der Waals surface area (Å²) in [6.07, 6.45) is -9.16. The molecule has 0 heterocycles. The Bertz CT molecular complexity index is 796. The van der Waals surface area contributed by atoms with Gasteiger partial charge in [0.05, 0.1) is 18.2 Å². The zero-order chi connectivity index (χ0) is 19.5. The molecule has 0 amide bonds. The van der Waals surface area contributed by atoms with Crippen LogP contribution in [0.15, 0.2) is 36.4 Å². The van der Waals surface area contributed by atoms with Crippen molar-refractivity contribution < 1.29 is 40.6 Å². The van der Waals surface area contributed by atoms with Crippen LogP contribution in [0.3, 0.4) is 0 Å². The van der Waals surface area contributed by atoms with Crippen molar-refractivity contribution in [3.63, 3.8) is 0 Å². The van der Waals surface area contributed by atoms with Crippen LogP contribution in [-0.4, -0.2) is 13.4 Å². The number of methoxy groups -OCH3 is 1. The second-order valence-corrected chi connectivity index (χ2v) is 5.22. The highest BCUT2D eigenvalue weighted by molar-refractivity contribution is 5.76. The molecule has 2 rings (SSSR count). The van der Waals surface area contributed by atoms with E-state index in [1.807, 2.05) is 0 Å². The average molecular weight is 378 g/mol. The highest BCUT2D eigenvalue weighted by Crippen LogP contribution is 2.37. The number of hydrogen-bond acceptors (Lipinski definition) is 3. The van der Waals surface area contributed by atoms with Crippen molar-refractivity contribution in [2.45, 2.75) is 19.0 Å². The number of rotatable bonds is 5. The van der Waals surface area contributed by atoms with Crippen LogP contribution in [-0.2, 0) is 19.0 Å². The minimum absolute atomic E-state index is 0.0167.